The number of amides is 1. The third-order valence-corrected chi connectivity index (χ3v) is 5.75. The molecule has 0 heterocycles. The molecule has 3 aromatic carbocycles. The summed E-state index contributed by atoms with van der Waals surface area (Å²) < 4.78 is 12.4. The number of hydrogen-bond acceptors (Lipinski definition) is 5. The van der Waals surface area contributed by atoms with Gasteiger partial charge in [-0.1, -0.05) is 48.5 Å². The average molecular weight is 530 g/mol. The lowest BCUT2D eigenvalue weighted by molar-refractivity contribution is -0.117. The lowest BCUT2D eigenvalue weighted by Crippen LogP contribution is -2.27. The largest absolute Gasteiger partial charge is 0.490 e. The maximum absolute atomic E-state index is 12.7. The van der Waals surface area contributed by atoms with Crippen LogP contribution < -0.4 is 14.8 Å². The zero-order valence-corrected chi connectivity index (χ0v) is 21.0. The van der Waals surface area contributed by atoms with Gasteiger partial charge in [-0.15, -0.1) is 0 Å². The molecule has 1 amide bonds. The van der Waals surface area contributed by atoms with Gasteiger partial charge in [-0.05, 0) is 65.2 Å². The number of halogens is 1. The zero-order chi connectivity index (χ0) is 25.2. The highest BCUT2D eigenvalue weighted by atomic mass is 79.9. The van der Waals surface area contributed by atoms with Gasteiger partial charge in [0.15, 0.2) is 11.5 Å². The summed E-state index contributed by atoms with van der Waals surface area (Å²) in [6.07, 6.45) is 1.51. The summed E-state index contributed by atoms with van der Waals surface area (Å²) in [7, 11) is 0. The van der Waals surface area contributed by atoms with E-state index in [1.807, 2.05) is 62.4 Å². The molecule has 0 radical (unpaired) electrons. The van der Waals surface area contributed by atoms with E-state index in [2.05, 4.69) is 27.3 Å². The molecule has 3 aromatic rings. The monoisotopic (exact) mass is 529 g/mol. The van der Waals surface area contributed by atoms with Gasteiger partial charge in [0.05, 0.1) is 28.8 Å². The minimum absolute atomic E-state index is 0.0289. The lowest BCUT2D eigenvalue weighted by Gasteiger charge is -2.16. The smallest absolute Gasteiger partial charge is 0.262 e. The van der Waals surface area contributed by atoms with Crippen molar-refractivity contribution in [2.45, 2.75) is 26.5 Å². The Morgan fingerprint density at radius 2 is 1.80 bits per heavy atom. The third-order valence-electron chi connectivity index (χ3n) is 5.16. The van der Waals surface area contributed by atoms with Gasteiger partial charge in [0.1, 0.15) is 18.2 Å². The second-order valence-corrected chi connectivity index (χ2v) is 8.45. The first-order chi connectivity index (χ1) is 17.0. The molecule has 1 atom stereocenters. The van der Waals surface area contributed by atoms with E-state index in [4.69, 9.17) is 9.47 Å². The molecule has 0 spiro atoms. The first kappa shape index (κ1) is 25.6. The normalized spacial score (nSPS) is 11.6. The van der Waals surface area contributed by atoms with Crippen LogP contribution in [0.5, 0.6) is 11.5 Å². The lowest BCUT2D eigenvalue weighted by atomic mass is 10.1. The maximum atomic E-state index is 12.7. The molecule has 0 aliphatic rings. The summed E-state index contributed by atoms with van der Waals surface area (Å²) in [4.78, 5) is 12.7. The Bertz CT molecular complexity index is 1310. The molecule has 0 saturated heterocycles. The van der Waals surface area contributed by atoms with E-state index in [9.17, 15) is 15.3 Å². The van der Waals surface area contributed by atoms with Crippen molar-refractivity contribution in [2.24, 2.45) is 0 Å². The van der Waals surface area contributed by atoms with Crippen molar-refractivity contribution >= 4 is 27.9 Å². The van der Waals surface area contributed by atoms with Gasteiger partial charge in [-0.2, -0.15) is 10.5 Å². The highest BCUT2D eigenvalue weighted by Crippen LogP contribution is 2.38. The van der Waals surface area contributed by atoms with Crippen molar-refractivity contribution in [1.82, 2.24) is 5.32 Å². The Balaban J connectivity index is 1.84. The second kappa shape index (κ2) is 12.4. The summed E-state index contributed by atoms with van der Waals surface area (Å²) in [6.45, 7) is 4.29. The zero-order valence-electron chi connectivity index (χ0n) is 19.4. The average Bonchev–Trinajstić information content (AvgIpc) is 2.87. The van der Waals surface area contributed by atoms with Crippen molar-refractivity contribution < 1.29 is 14.3 Å². The van der Waals surface area contributed by atoms with Gasteiger partial charge in [0.25, 0.3) is 5.91 Å². The van der Waals surface area contributed by atoms with E-state index in [1.54, 1.807) is 24.3 Å². The number of carbonyl (C=O) groups is 1. The Labute approximate surface area is 213 Å². The molecule has 1 N–H and O–H groups in total. The molecule has 0 aromatic heterocycles. The number of hydrogen-bond donors (Lipinski definition) is 1. The van der Waals surface area contributed by atoms with Crippen LogP contribution in [0.2, 0.25) is 0 Å². The van der Waals surface area contributed by atoms with E-state index in [0.29, 0.717) is 33.7 Å². The first-order valence-electron chi connectivity index (χ1n) is 11.0. The molecule has 7 heteroatoms. The standard InChI is InChI=1S/C28H24BrN3O3/c1-3-34-26-15-20(13-24(17-31)28(33)32-19(2)21-9-5-4-6-10-21)14-25(29)27(26)35-18-23-12-8-7-11-22(23)16-30/h4-15,19H,3,18H2,1-2H3,(H,32,33)/b24-13-/t19-/m0/s1. The minimum atomic E-state index is -0.466. The van der Waals surface area contributed by atoms with Gasteiger partial charge >= 0.3 is 0 Å². The molecule has 35 heavy (non-hydrogen) atoms. The highest BCUT2D eigenvalue weighted by Gasteiger charge is 2.17. The summed E-state index contributed by atoms with van der Waals surface area (Å²) in [5.41, 5.74) is 2.81. The fourth-order valence-corrected chi connectivity index (χ4v) is 3.97. The topological polar surface area (TPSA) is 95.1 Å². The van der Waals surface area contributed by atoms with Gasteiger partial charge < -0.3 is 14.8 Å². The van der Waals surface area contributed by atoms with Crippen molar-refractivity contribution in [3.8, 4) is 23.6 Å². The molecule has 0 aliphatic carbocycles. The third kappa shape index (κ3) is 6.72. The van der Waals surface area contributed by atoms with Gasteiger partial charge in [-0.3, -0.25) is 4.79 Å². The molecule has 3 rings (SSSR count). The van der Waals surface area contributed by atoms with Crippen LogP contribution in [0.15, 0.2) is 76.8 Å². The van der Waals surface area contributed by atoms with Crippen LogP contribution in [0.25, 0.3) is 6.08 Å². The number of nitrogens with zero attached hydrogens (tertiary/aromatic N) is 2. The van der Waals surface area contributed by atoms with E-state index in [0.717, 1.165) is 11.1 Å². The van der Waals surface area contributed by atoms with E-state index >= 15 is 0 Å². The van der Waals surface area contributed by atoms with Crippen molar-refractivity contribution in [3.63, 3.8) is 0 Å². The summed E-state index contributed by atoms with van der Waals surface area (Å²) in [6, 6.07) is 24.1. The van der Waals surface area contributed by atoms with Crippen LogP contribution in [0.1, 0.15) is 42.1 Å². The molecular formula is C28H24BrN3O3. The number of rotatable bonds is 9. The van der Waals surface area contributed by atoms with Gasteiger partial charge in [0, 0.05) is 5.56 Å². The van der Waals surface area contributed by atoms with E-state index < -0.39 is 5.91 Å². The van der Waals surface area contributed by atoms with Crippen LogP contribution in [-0.2, 0) is 11.4 Å². The van der Waals surface area contributed by atoms with E-state index in [-0.39, 0.29) is 18.2 Å². The van der Waals surface area contributed by atoms with Crippen LogP contribution in [0.3, 0.4) is 0 Å². The quantitative estimate of drug-likeness (QED) is 0.267. The van der Waals surface area contributed by atoms with E-state index in [1.165, 1.54) is 6.08 Å². The van der Waals surface area contributed by atoms with Crippen LogP contribution >= 0.6 is 15.9 Å². The predicted molar refractivity (Wildman–Crippen MR) is 137 cm³/mol. The fourth-order valence-electron chi connectivity index (χ4n) is 3.39. The molecule has 0 aliphatic heterocycles. The van der Waals surface area contributed by atoms with Crippen LogP contribution in [0.4, 0.5) is 0 Å². The molecule has 0 bridgehead atoms. The molecular weight excluding hydrogens is 506 g/mol. The molecule has 176 valence electrons. The Hall–Kier alpha value is -4.07. The Kier molecular flexibility index (Phi) is 9.06. The summed E-state index contributed by atoms with van der Waals surface area (Å²) in [5, 5.41) is 21.8. The van der Waals surface area contributed by atoms with Crippen molar-refractivity contribution in [2.75, 3.05) is 6.61 Å². The summed E-state index contributed by atoms with van der Waals surface area (Å²) >= 11 is 3.51. The Morgan fingerprint density at radius 1 is 1.09 bits per heavy atom. The second-order valence-electron chi connectivity index (χ2n) is 7.60. The predicted octanol–water partition coefficient (Wildman–Crippen LogP) is 6.08. The SMILES string of the molecule is CCOc1cc(/C=C(/C#N)C(=O)N[C@@H](C)c2ccccc2)cc(Br)c1OCc1ccccc1C#N. The number of nitriles is 2. The van der Waals surface area contributed by atoms with Gasteiger partial charge in [-0.25, -0.2) is 0 Å². The Morgan fingerprint density at radius 3 is 2.49 bits per heavy atom. The molecule has 6 nitrogen and oxygen atoms in total. The molecule has 0 saturated carbocycles. The highest BCUT2D eigenvalue weighted by molar-refractivity contribution is 9.10. The van der Waals surface area contributed by atoms with Crippen molar-refractivity contribution in [1.29, 1.82) is 10.5 Å². The number of carbonyl (C=O) groups excluding carboxylic acids is 1. The first-order valence-corrected chi connectivity index (χ1v) is 11.8. The number of ether oxygens (including phenoxy) is 2. The molecule has 0 fully saturated rings. The van der Waals surface area contributed by atoms with Gasteiger partial charge in [0.2, 0.25) is 0 Å². The minimum Gasteiger partial charge on any atom is -0.490 e. The number of benzene rings is 3. The fraction of sp³-hybridized carbons (Fsp3) is 0.179. The van der Waals surface area contributed by atoms with Crippen LogP contribution in [-0.4, -0.2) is 12.5 Å². The maximum Gasteiger partial charge on any atom is 0.262 e. The van der Waals surface area contributed by atoms with Crippen LogP contribution in [0, 0.1) is 22.7 Å². The summed E-state index contributed by atoms with van der Waals surface area (Å²) in [5.74, 6) is 0.460. The van der Waals surface area contributed by atoms with Crippen molar-refractivity contribution in [3.05, 3.63) is 99.0 Å². The molecule has 0 unspecified atom stereocenters. The number of nitrogens with one attached hydrogen (secondary N) is 1.